The van der Waals surface area contributed by atoms with Gasteiger partial charge in [0.1, 0.15) is 0 Å². The smallest absolute Gasteiger partial charge is 0.0466 e. The van der Waals surface area contributed by atoms with Gasteiger partial charge in [0.2, 0.25) is 0 Å². The highest BCUT2D eigenvalue weighted by atomic mass is 14.9. The highest BCUT2D eigenvalue weighted by Gasteiger charge is 2.12. The Balaban J connectivity index is 2.22. The summed E-state index contributed by atoms with van der Waals surface area (Å²) in [6.45, 7) is 3.25. The highest BCUT2D eigenvalue weighted by molar-refractivity contribution is 5.85. The van der Waals surface area contributed by atoms with Crippen LogP contribution in [0.2, 0.25) is 0 Å². The third kappa shape index (κ3) is 3.31. The molecule has 1 heterocycles. The second kappa shape index (κ2) is 6.89. The molecule has 1 atom stereocenters. The molecule has 0 radical (unpaired) electrons. The van der Waals surface area contributed by atoms with Gasteiger partial charge in [-0.1, -0.05) is 24.3 Å². The van der Waals surface area contributed by atoms with Gasteiger partial charge in [0, 0.05) is 43.3 Å². The van der Waals surface area contributed by atoms with Gasteiger partial charge in [-0.2, -0.15) is 0 Å². The summed E-state index contributed by atoms with van der Waals surface area (Å²) in [6, 6.07) is 8.37. The number of benzene rings is 1. The second-order valence-electron chi connectivity index (χ2n) is 4.37. The predicted octanol–water partition coefficient (Wildman–Crippen LogP) is 2.24. The molecule has 0 bridgehead atoms. The molecule has 0 aliphatic heterocycles. The van der Waals surface area contributed by atoms with Crippen LogP contribution < -0.4 is 11.1 Å². The summed E-state index contributed by atoms with van der Waals surface area (Å²) in [4.78, 5) is 4.30. The van der Waals surface area contributed by atoms with Gasteiger partial charge < -0.3 is 11.1 Å². The molecule has 3 nitrogen and oxygen atoms in total. The number of hydrogen-bond acceptors (Lipinski definition) is 3. The lowest BCUT2D eigenvalue weighted by Gasteiger charge is -2.18. The van der Waals surface area contributed by atoms with Crippen molar-refractivity contribution in [3.8, 4) is 11.8 Å². The maximum absolute atomic E-state index is 5.88. The molecule has 1 aromatic carbocycles. The summed E-state index contributed by atoms with van der Waals surface area (Å²) in [5.74, 6) is 5.94. The maximum atomic E-state index is 5.88. The minimum atomic E-state index is 0.122. The summed E-state index contributed by atoms with van der Waals surface area (Å²) in [5, 5.41) is 5.80. The van der Waals surface area contributed by atoms with E-state index in [2.05, 4.69) is 34.3 Å². The molecule has 19 heavy (non-hydrogen) atoms. The van der Waals surface area contributed by atoms with Crippen LogP contribution in [0.1, 0.15) is 24.9 Å². The van der Waals surface area contributed by atoms with Crippen molar-refractivity contribution in [1.82, 2.24) is 10.3 Å². The van der Waals surface area contributed by atoms with E-state index in [1.807, 2.05) is 31.5 Å². The topological polar surface area (TPSA) is 50.9 Å². The van der Waals surface area contributed by atoms with Crippen LogP contribution in [-0.2, 0) is 0 Å². The van der Waals surface area contributed by atoms with Gasteiger partial charge in [0.25, 0.3) is 0 Å². The molecule has 0 saturated carbocycles. The molecule has 1 unspecified atom stereocenters. The van der Waals surface area contributed by atoms with E-state index in [9.17, 15) is 0 Å². The third-order valence-electron chi connectivity index (χ3n) is 3.13. The number of pyridine rings is 1. The Bertz CT molecular complexity index is 590. The van der Waals surface area contributed by atoms with E-state index in [0.29, 0.717) is 6.54 Å². The molecule has 3 N–H and O–H groups in total. The Labute approximate surface area is 114 Å². The average molecular weight is 253 g/mol. The Morgan fingerprint density at radius 1 is 1.32 bits per heavy atom. The lowest BCUT2D eigenvalue weighted by Crippen LogP contribution is -2.29. The number of nitrogens with one attached hydrogen (secondary N) is 1. The van der Waals surface area contributed by atoms with Crippen molar-refractivity contribution in [2.75, 3.05) is 13.1 Å². The Hall–Kier alpha value is -1.89. The fourth-order valence-electron chi connectivity index (χ4n) is 2.17. The van der Waals surface area contributed by atoms with Crippen LogP contribution in [0.25, 0.3) is 10.8 Å². The van der Waals surface area contributed by atoms with E-state index in [-0.39, 0.29) is 6.04 Å². The monoisotopic (exact) mass is 253 g/mol. The number of hydrogen-bond donors (Lipinski definition) is 2. The molecule has 0 saturated heterocycles. The molecule has 2 aromatic rings. The predicted molar refractivity (Wildman–Crippen MR) is 79.6 cm³/mol. The Morgan fingerprint density at radius 3 is 2.95 bits per heavy atom. The lowest BCUT2D eigenvalue weighted by molar-refractivity contribution is 0.552. The minimum absolute atomic E-state index is 0.122. The Kier molecular flexibility index (Phi) is 4.91. The molecule has 0 aliphatic rings. The summed E-state index contributed by atoms with van der Waals surface area (Å²) in [6.07, 6.45) is 4.62. The summed E-state index contributed by atoms with van der Waals surface area (Å²) in [5.41, 5.74) is 7.04. The quantitative estimate of drug-likeness (QED) is 0.634. The first-order valence-electron chi connectivity index (χ1n) is 6.52. The van der Waals surface area contributed by atoms with E-state index in [0.717, 1.165) is 23.9 Å². The standard InChI is InChI=1S/C16H19N3/c1-2-3-6-9-19-16(10-17)15-12-18-11-13-7-4-5-8-14(13)15/h4-5,7-8,11-12,16,19H,6,9-10,17H2,1H3. The van der Waals surface area contributed by atoms with Crippen LogP contribution in [0.5, 0.6) is 0 Å². The van der Waals surface area contributed by atoms with Gasteiger partial charge in [-0.3, -0.25) is 4.98 Å². The van der Waals surface area contributed by atoms with Crippen LogP contribution in [-0.4, -0.2) is 18.1 Å². The number of rotatable bonds is 5. The molecule has 0 aliphatic carbocycles. The average Bonchev–Trinajstić information content (AvgIpc) is 2.47. The lowest BCUT2D eigenvalue weighted by atomic mass is 10.0. The molecule has 0 spiro atoms. The van der Waals surface area contributed by atoms with Crippen LogP contribution in [0.3, 0.4) is 0 Å². The van der Waals surface area contributed by atoms with Crippen molar-refractivity contribution in [3.05, 3.63) is 42.2 Å². The zero-order valence-electron chi connectivity index (χ0n) is 11.2. The van der Waals surface area contributed by atoms with Gasteiger partial charge in [-0.05, 0) is 17.9 Å². The molecule has 0 fully saturated rings. The first kappa shape index (κ1) is 13.5. The van der Waals surface area contributed by atoms with E-state index in [4.69, 9.17) is 5.73 Å². The van der Waals surface area contributed by atoms with Crippen molar-refractivity contribution >= 4 is 10.8 Å². The van der Waals surface area contributed by atoms with Crippen molar-refractivity contribution in [1.29, 1.82) is 0 Å². The fourth-order valence-corrected chi connectivity index (χ4v) is 2.17. The molecule has 2 rings (SSSR count). The van der Waals surface area contributed by atoms with E-state index in [1.165, 1.54) is 5.39 Å². The molecular formula is C16H19N3. The van der Waals surface area contributed by atoms with Crippen LogP contribution in [0, 0.1) is 11.8 Å². The van der Waals surface area contributed by atoms with Gasteiger partial charge >= 0.3 is 0 Å². The highest BCUT2D eigenvalue weighted by Crippen LogP contribution is 2.22. The van der Waals surface area contributed by atoms with Crippen molar-refractivity contribution in [2.24, 2.45) is 5.73 Å². The SMILES string of the molecule is CC#CCCNC(CN)c1cncc2ccccc12. The first-order chi connectivity index (χ1) is 9.36. The van der Waals surface area contributed by atoms with E-state index in [1.54, 1.807) is 0 Å². The van der Waals surface area contributed by atoms with Gasteiger partial charge in [0.05, 0.1) is 0 Å². The van der Waals surface area contributed by atoms with E-state index >= 15 is 0 Å². The number of aromatic nitrogens is 1. The number of fused-ring (bicyclic) bond motifs is 1. The van der Waals surface area contributed by atoms with Crippen LogP contribution >= 0.6 is 0 Å². The Morgan fingerprint density at radius 2 is 2.16 bits per heavy atom. The van der Waals surface area contributed by atoms with Crippen LogP contribution in [0.4, 0.5) is 0 Å². The van der Waals surface area contributed by atoms with Crippen molar-refractivity contribution in [3.63, 3.8) is 0 Å². The number of nitrogens with two attached hydrogens (primary N) is 1. The van der Waals surface area contributed by atoms with Gasteiger partial charge in [-0.25, -0.2) is 0 Å². The van der Waals surface area contributed by atoms with Gasteiger partial charge in [0.15, 0.2) is 0 Å². The molecule has 0 amide bonds. The third-order valence-corrected chi connectivity index (χ3v) is 3.13. The summed E-state index contributed by atoms with van der Waals surface area (Å²) in [7, 11) is 0. The number of nitrogens with zero attached hydrogens (tertiary/aromatic N) is 1. The fraction of sp³-hybridized carbons (Fsp3) is 0.312. The molecular weight excluding hydrogens is 234 g/mol. The normalized spacial score (nSPS) is 11.9. The van der Waals surface area contributed by atoms with E-state index < -0.39 is 0 Å². The second-order valence-corrected chi connectivity index (χ2v) is 4.37. The largest absolute Gasteiger partial charge is 0.329 e. The van der Waals surface area contributed by atoms with Crippen LogP contribution in [0.15, 0.2) is 36.7 Å². The zero-order chi connectivity index (χ0) is 13.5. The summed E-state index contributed by atoms with van der Waals surface area (Å²) < 4.78 is 0. The zero-order valence-corrected chi connectivity index (χ0v) is 11.2. The first-order valence-corrected chi connectivity index (χ1v) is 6.52. The van der Waals surface area contributed by atoms with Crippen molar-refractivity contribution in [2.45, 2.75) is 19.4 Å². The molecule has 3 heteroatoms. The minimum Gasteiger partial charge on any atom is -0.329 e. The van der Waals surface area contributed by atoms with Gasteiger partial charge in [-0.15, -0.1) is 11.8 Å². The molecule has 1 aromatic heterocycles. The van der Waals surface area contributed by atoms with Crippen molar-refractivity contribution < 1.29 is 0 Å². The maximum Gasteiger partial charge on any atom is 0.0466 e. The molecule has 98 valence electrons. The summed E-state index contributed by atoms with van der Waals surface area (Å²) >= 11 is 0.